The van der Waals surface area contributed by atoms with Gasteiger partial charge in [0.25, 0.3) is 0 Å². The van der Waals surface area contributed by atoms with Crippen LogP contribution in [0.25, 0.3) is 0 Å². The number of carbonyl (C=O) groups is 1. The molecule has 0 fully saturated rings. The largest absolute Gasteiger partial charge is 0.422 e. The van der Waals surface area contributed by atoms with Crippen LogP contribution < -0.4 is 10.5 Å². The van der Waals surface area contributed by atoms with Gasteiger partial charge in [-0.15, -0.1) is 0 Å². The molecule has 0 radical (unpaired) electrons. The van der Waals surface area contributed by atoms with E-state index in [1.165, 1.54) is 0 Å². The fraction of sp³-hybridized carbons (Fsp3) is 0. The zero-order chi connectivity index (χ0) is 11.5. The minimum Gasteiger partial charge on any atom is -0.422 e. The Morgan fingerprint density at radius 3 is 2.69 bits per heavy atom. The molecule has 0 amide bonds. The van der Waals surface area contributed by atoms with Crippen molar-refractivity contribution in [3.63, 3.8) is 0 Å². The summed E-state index contributed by atoms with van der Waals surface area (Å²) in [6.45, 7) is 0. The van der Waals surface area contributed by atoms with Gasteiger partial charge in [-0.05, 0) is 34.1 Å². The Hall–Kier alpha value is -1.75. The molecule has 0 unspecified atom stereocenters. The summed E-state index contributed by atoms with van der Waals surface area (Å²) in [5.74, 6) is 0.288. The summed E-state index contributed by atoms with van der Waals surface area (Å²) in [6.07, 6.45) is 1.59. The predicted molar refractivity (Wildman–Crippen MR) is 64.3 cm³/mol. The Balaban J connectivity index is 2.21. The van der Waals surface area contributed by atoms with Crippen LogP contribution in [0.5, 0.6) is 5.75 Å². The number of rotatable bonds is 2. The number of nitrogens with one attached hydrogen (secondary N) is 1. The predicted octanol–water partition coefficient (Wildman–Crippen LogP) is 2.58. The molecule has 0 saturated carbocycles. The zero-order valence-electron chi connectivity index (χ0n) is 8.24. The van der Waals surface area contributed by atoms with Crippen molar-refractivity contribution in [2.45, 2.75) is 0 Å². The van der Waals surface area contributed by atoms with Crippen LogP contribution >= 0.6 is 15.9 Å². The minimum atomic E-state index is -0.481. The number of hydrogen-bond donors (Lipinski definition) is 2. The van der Waals surface area contributed by atoms with E-state index in [4.69, 9.17) is 10.5 Å². The molecule has 82 valence electrons. The highest BCUT2D eigenvalue weighted by atomic mass is 79.9. The summed E-state index contributed by atoms with van der Waals surface area (Å²) in [7, 11) is 0. The lowest BCUT2D eigenvalue weighted by molar-refractivity contribution is 0.0735. The fourth-order valence-corrected chi connectivity index (χ4v) is 1.61. The summed E-state index contributed by atoms with van der Waals surface area (Å²) >= 11 is 3.29. The van der Waals surface area contributed by atoms with E-state index in [2.05, 4.69) is 20.9 Å². The number of para-hydroxylation sites is 1. The molecule has 16 heavy (non-hydrogen) atoms. The number of nitrogen functional groups attached to an aromatic ring is 1. The number of nitrogens with two attached hydrogens (primary N) is 1. The van der Waals surface area contributed by atoms with Gasteiger partial charge < -0.3 is 15.5 Å². The number of carbonyl (C=O) groups excluding carboxylic acids is 1. The third-order valence-electron chi connectivity index (χ3n) is 2.04. The Kier molecular flexibility index (Phi) is 2.96. The topological polar surface area (TPSA) is 68.1 Å². The maximum atomic E-state index is 11.7. The third-order valence-corrected chi connectivity index (χ3v) is 2.69. The second-order valence-corrected chi connectivity index (χ2v) is 3.98. The van der Waals surface area contributed by atoms with E-state index in [0.717, 1.165) is 4.47 Å². The summed E-state index contributed by atoms with van der Waals surface area (Å²) < 4.78 is 5.90. The molecule has 0 aliphatic rings. The molecule has 0 atom stereocenters. The minimum absolute atomic E-state index is 0.303. The maximum absolute atomic E-state index is 11.7. The lowest BCUT2D eigenvalue weighted by atomic mass is 10.3. The van der Waals surface area contributed by atoms with Gasteiger partial charge in [0, 0.05) is 6.20 Å². The molecule has 0 aliphatic carbocycles. The molecule has 0 bridgehead atoms. The molecule has 0 spiro atoms. The highest BCUT2D eigenvalue weighted by molar-refractivity contribution is 9.10. The third kappa shape index (κ3) is 2.09. The Labute approximate surface area is 101 Å². The first-order valence-electron chi connectivity index (χ1n) is 4.58. The zero-order valence-corrected chi connectivity index (χ0v) is 9.82. The Morgan fingerprint density at radius 1 is 1.31 bits per heavy atom. The number of ether oxygens (including phenoxy) is 1. The number of H-pyrrole nitrogens is 1. The molecule has 4 nitrogen and oxygen atoms in total. The van der Waals surface area contributed by atoms with Crippen molar-refractivity contribution >= 4 is 27.7 Å². The first-order valence-corrected chi connectivity index (χ1v) is 5.37. The molecule has 3 N–H and O–H groups in total. The summed E-state index contributed by atoms with van der Waals surface area (Å²) in [5.41, 5.74) is 5.89. The van der Waals surface area contributed by atoms with E-state index in [0.29, 0.717) is 17.1 Å². The fourth-order valence-electron chi connectivity index (χ4n) is 1.24. The SMILES string of the molecule is Nc1[nH]ccc1C(=O)Oc1ccccc1Br. The van der Waals surface area contributed by atoms with Crippen molar-refractivity contribution in [3.05, 3.63) is 46.6 Å². The Morgan fingerprint density at radius 2 is 2.06 bits per heavy atom. The van der Waals surface area contributed by atoms with Crippen molar-refractivity contribution in [2.24, 2.45) is 0 Å². The second kappa shape index (κ2) is 4.40. The highest BCUT2D eigenvalue weighted by Gasteiger charge is 2.13. The van der Waals surface area contributed by atoms with Gasteiger partial charge in [0.05, 0.1) is 4.47 Å². The van der Waals surface area contributed by atoms with Crippen molar-refractivity contribution in [2.75, 3.05) is 5.73 Å². The van der Waals surface area contributed by atoms with Crippen LogP contribution in [-0.2, 0) is 0 Å². The monoisotopic (exact) mass is 280 g/mol. The molecule has 2 aromatic rings. The number of hydrogen-bond acceptors (Lipinski definition) is 3. The lowest BCUT2D eigenvalue weighted by Gasteiger charge is -2.05. The number of aromatic amines is 1. The average Bonchev–Trinajstić information content (AvgIpc) is 2.68. The van der Waals surface area contributed by atoms with E-state index in [-0.39, 0.29) is 0 Å². The van der Waals surface area contributed by atoms with Crippen LogP contribution in [0.4, 0.5) is 5.82 Å². The lowest BCUT2D eigenvalue weighted by Crippen LogP contribution is -2.10. The Bertz CT molecular complexity index is 522. The van der Waals surface area contributed by atoms with Gasteiger partial charge in [0.2, 0.25) is 0 Å². The van der Waals surface area contributed by atoms with Gasteiger partial charge in [0.15, 0.2) is 0 Å². The van der Waals surface area contributed by atoms with Crippen LogP contribution in [0.1, 0.15) is 10.4 Å². The highest BCUT2D eigenvalue weighted by Crippen LogP contribution is 2.25. The second-order valence-electron chi connectivity index (χ2n) is 3.12. The van der Waals surface area contributed by atoms with Gasteiger partial charge in [0.1, 0.15) is 17.1 Å². The number of benzene rings is 1. The molecule has 1 heterocycles. The molecule has 1 aromatic carbocycles. The van der Waals surface area contributed by atoms with Crippen LogP contribution in [0.2, 0.25) is 0 Å². The number of aromatic nitrogens is 1. The molecule has 5 heteroatoms. The van der Waals surface area contributed by atoms with E-state index in [1.807, 2.05) is 6.07 Å². The molecule has 2 rings (SSSR count). The van der Waals surface area contributed by atoms with Crippen molar-refractivity contribution in [3.8, 4) is 5.75 Å². The molecule has 1 aromatic heterocycles. The molecule has 0 saturated heterocycles. The summed E-state index contributed by atoms with van der Waals surface area (Å²) in [6, 6.07) is 8.70. The van der Waals surface area contributed by atoms with Crippen LogP contribution in [0, 0.1) is 0 Å². The van der Waals surface area contributed by atoms with Gasteiger partial charge in [-0.25, -0.2) is 4.79 Å². The van der Waals surface area contributed by atoms with Gasteiger partial charge >= 0.3 is 5.97 Å². The van der Waals surface area contributed by atoms with Crippen molar-refractivity contribution in [1.29, 1.82) is 0 Å². The van der Waals surface area contributed by atoms with Crippen molar-refractivity contribution < 1.29 is 9.53 Å². The smallest absolute Gasteiger partial charge is 0.347 e. The molecule has 0 aliphatic heterocycles. The van der Waals surface area contributed by atoms with E-state index in [9.17, 15) is 4.79 Å². The summed E-state index contributed by atoms with van der Waals surface area (Å²) in [4.78, 5) is 14.4. The molecular formula is C11H9BrN2O2. The normalized spacial score (nSPS) is 10.1. The number of esters is 1. The average molecular weight is 281 g/mol. The van der Waals surface area contributed by atoms with Crippen LogP contribution in [0.15, 0.2) is 41.0 Å². The van der Waals surface area contributed by atoms with Gasteiger partial charge in [-0.1, -0.05) is 12.1 Å². The van der Waals surface area contributed by atoms with Crippen LogP contribution in [-0.4, -0.2) is 11.0 Å². The van der Waals surface area contributed by atoms with E-state index < -0.39 is 5.97 Å². The number of halogens is 1. The van der Waals surface area contributed by atoms with Crippen LogP contribution in [0.3, 0.4) is 0 Å². The standard InChI is InChI=1S/C11H9BrN2O2/c12-8-3-1-2-4-9(8)16-11(15)7-5-6-14-10(7)13/h1-6,14H,13H2. The van der Waals surface area contributed by atoms with E-state index >= 15 is 0 Å². The van der Waals surface area contributed by atoms with Gasteiger partial charge in [-0.2, -0.15) is 0 Å². The molecular weight excluding hydrogens is 272 g/mol. The van der Waals surface area contributed by atoms with Crippen molar-refractivity contribution in [1.82, 2.24) is 4.98 Å². The maximum Gasteiger partial charge on any atom is 0.347 e. The number of anilines is 1. The summed E-state index contributed by atoms with van der Waals surface area (Å²) in [5, 5.41) is 0. The van der Waals surface area contributed by atoms with E-state index in [1.54, 1.807) is 30.5 Å². The first kappa shape index (κ1) is 10.8. The quantitative estimate of drug-likeness (QED) is 0.656. The van der Waals surface area contributed by atoms with Gasteiger partial charge in [-0.3, -0.25) is 0 Å². The first-order chi connectivity index (χ1) is 7.68.